The van der Waals surface area contributed by atoms with E-state index in [9.17, 15) is 4.79 Å². The SMILES string of the molecule is NC(=O)C(N)CNCCc1ccccn1. The molecule has 82 valence electrons. The van der Waals surface area contributed by atoms with Crippen LogP contribution in [-0.4, -0.2) is 30.0 Å². The standard InChI is InChI=1S/C10H16N4O/c11-9(10(12)15)7-13-6-4-8-3-1-2-5-14-8/h1-3,5,9,13H,4,6-7,11H2,(H2,12,15). The molecule has 1 aromatic rings. The molecule has 5 heteroatoms. The molecule has 0 spiro atoms. The lowest BCUT2D eigenvalue weighted by atomic mass is 10.2. The molecule has 1 rings (SSSR count). The zero-order valence-electron chi connectivity index (χ0n) is 8.52. The van der Waals surface area contributed by atoms with Crippen molar-refractivity contribution in [2.75, 3.05) is 13.1 Å². The number of primary amides is 1. The molecule has 0 radical (unpaired) electrons. The van der Waals surface area contributed by atoms with Gasteiger partial charge in [0.15, 0.2) is 0 Å². The van der Waals surface area contributed by atoms with Crippen LogP contribution in [0.25, 0.3) is 0 Å². The first-order valence-corrected chi connectivity index (χ1v) is 4.85. The average Bonchev–Trinajstić information content (AvgIpc) is 2.25. The zero-order chi connectivity index (χ0) is 11.1. The summed E-state index contributed by atoms with van der Waals surface area (Å²) in [6.07, 6.45) is 2.57. The van der Waals surface area contributed by atoms with E-state index in [-0.39, 0.29) is 0 Å². The minimum atomic E-state index is -0.617. The van der Waals surface area contributed by atoms with E-state index in [1.165, 1.54) is 0 Å². The van der Waals surface area contributed by atoms with Crippen LogP contribution < -0.4 is 16.8 Å². The Balaban J connectivity index is 2.15. The van der Waals surface area contributed by atoms with Gasteiger partial charge in [-0.3, -0.25) is 9.78 Å². The van der Waals surface area contributed by atoms with Crippen molar-refractivity contribution in [3.63, 3.8) is 0 Å². The molecule has 1 heterocycles. The molecule has 0 aliphatic carbocycles. The predicted octanol–water partition coefficient (Wildman–Crippen LogP) is -0.974. The smallest absolute Gasteiger partial charge is 0.235 e. The third kappa shape index (κ3) is 4.53. The molecule has 1 unspecified atom stereocenters. The number of nitrogens with one attached hydrogen (secondary N) is 1. The summed E-state index contributed by atoms with van der Waals surface area (Å²) in [6.45, 7) is 1.14. The van der Waals surface area contributed by atoms with Gasteiger partial charge in [-0.25, -0.2) is 0 Å². The van der Waals surface area contributed by atoms with Gasteiger partial charge in [-0.2, -0.15) is 0 Å². The van der Waals surface area contributed by atoms with Crippen LogP contribution in [0.4, 0.5) is 0 Å². The lowest BCUT2D eigenvalue weighted by Crippen LogP contribution is -2.44. The number of carbonyl (C=O) groups excluding carboxylic acids is 1. The van der Waals surface area contributed by atoms with E-state index in [1.807, 2.05) is 18.2 Å². The maximum Gasteiger partial charge on any atom is 0.235 e. The fourth-order valence-corrected chi connectivity index (χ4v) is 1.12. The van der Waals surface area contributed by atoms with E-state index in [0.29, 0.717) is 6.54 Å². The van der Waals surface area contributed by atoms with Crippen LogP contribution >= 0.6 is 0 Å². The highest BCUT2D eigenvalue weighted by Crippen LogP contribution is 1.92. The number of hydrogen-bond acceptors (Lipinski definition) is 4. The molecule has 5 N–H and O–H groups in total. The van der Waals surface area contributed by atoms with Gasteiger partial charge in [0.2, 0.25) is 5.91 Å². The fraction of sp³-hybridized carbons (Fsp3) is 0.400. The van der Waals surface area contributed by atoms with E-state index in [4.69, 9.17) is 11.5 Å². The van der Waals surface area contributed by atoms with Crippen LogP contribution in [0.2, 0.25) is 0 Å². The number of amides is 1. The number of carbonyl (C=O) groups is 1. The van der Waals surface area contributed by atoms with Crippen molar-refractivity contribution >= 4 is 5.91 Å². The van der Waals surface area contributed by atoms with E-state index in [1.54, 1.807) is 6.20 Å². The van der Waals surface area contributed by atoms with E-state index >= 15 is 0 Å². The van der Waals surface area contributed by atoms with Crippen molar-refractivity contribution in [1.29, 1.82) is 0 Å². The Kier molecular flexibility index (Phi) is 4.73. The van der Waals surface area contributed by atoms with Crippen molar-refractivity contribution in [2.24, 2.45) is 11.5 Å². The molecule has 0 saturated heterocycles. The fourth-order valence-electron chi connectivity index (χ4n) is 1.12. The summed E-state index contributed by atoms with van der Waals surface area (Å²) in [5.74, 6) is -0.486. The molecule has 1 amide bonds. The molecular formula is C10H16N4O. The van der Waals surface area contributed by atoms with Crippen molar-refractivity contribution in [3.05, 3.63) is 30.1 Å². The minimum absolute atomic E-state index is 0.405. The molecule has 0 bridgehead atoms. The summed E-state index contributed by atoms with van der Waals surface area (Å²) >= 11 is 0. The maximum atomic E-state index is 10.6. The largest absolute Gasteiger partial charge is 0.368 e. The Morgan fingerprint density at radius 1 is 1.53 bits per heavy atom. The quantitative estimate of drug-likeness (QED) is 0.524. The van der Waals surface area contributed by atoms with Crippen molar-refractivity contribution < 1.29 is 4.79 Å². The maximum absolute atomic E-state index is 10.6. The first-order chi connectivity index (χ1) is 7.20. The Hall–Kier alpha value is -1.46. The Morgan fingerprint density at radius 3 is 2.93 bits per heavy atom. The van der Waals surface area contributed by atoms with Crippen LogP contribution in [0.1, 0.15) is 5.69 Å². The topological polar surface area (TPSA) is 94.0 Å². The third-order valence-corrected chi connectivity index (χ3v) is 2.01. The van der Waals surface area contributed by atoms with E-state index in [2.05, 4.69) is 10.3 Å². The first-order valence-electron chi connectivity index (χ1n) is 4.85. The second-order valence-corrected chi connectivity index (χ2v) is 3.28. The lowest BCUT2D eigenvalue weighted by Gasteiger charge is -2.08. The molecule has 1 atom stereocenters. The number of nitrogens with zero attached hydrogens (tertiary/aromatic N) is 1. The normalized spacial score (nSPS) is 12.3. The highest BCUT2D eigenvalue weighted by Gasteiger charge is 2.07. The van der Waals surface area contributed by atoms with Crippen LogP contribution in [0.3, 0.4) is 0 Å². The van der Waals surface area contributed by atoms with Crippen LogP contribution in [-0.2, 0) is 11.2 Å². The number of hydrogen-bond donors (Lipinski definition) is 3. The number of rotatable bonds is 6. The molecule has 0 aliphatic heterocycles. The molecular weight excluding hydrogens is 192 g/mol. The summed E-state index contributed by atoms with van der Waals surface area (Å²) < 4.78 is 0. The van der Waals surface area contributed by atoms with Crippen molar-refractivity contribution in [2.45, 2.75) is 12.5 Å². The number of pyridine rings is 1. The van der Waals surface area contributed by atoms with Gasteiger partial charge < -0.3 is 16.8 Å². The second-order valence-electron chi connectivity index (χ2n) is 3.28. The molecule has 1 aromatic heterocycles. The van der Waals surface area contributed by atoms with Gasteiger partial charge in [0, 0.05) is 31.4 Å². The Labute approximate surface area is 88.9 Å². The summed E-state index contributed by atoms with van der Waals surface area (Å²) in [7, 11) is 0. The van der Waals surface area contributed by atoms with E-state index in [0.717, 1.165) is 18.7 Å². The minimum Gasteiger partial charge on any atom is -0.368 e. The van der Waals surface area contributed by atoms with Crippen LogP contribution in [0.5, 0.6) is 0 Å². The van der Waals surface area contributed by atoms with Crippen molar-refractivity contribution in [3.8, 4) is 0 Å². The van der Waals surface area contributed by atoms with Crippen molar-refractivity contribution in [1.82, 2.24) is 10.3 Å². The molecule has 5 nitrogen and oxygen atoms in total. The van der Waals surface area contributed by atoms with Crippen LogP contribution in [0.15, 0.2) is 24.4 Å². The monoisotopic (exact) mass is 208 g/mol. The van der Waals surface area contributed by atoms with Gasteiger partial charge in [-0.05, 0) is 12.1 Å². The van der Waals surface area contributed by atoms with Crippen LogP contribution in [0, 0.1) is 0 Å². The average molecular weight is 208 g/mol. The van der Waals surface area contributed by atoms with Gasteiger partial charge in [0.05, 0.1) is 6.04 Å². The highest BCUT2D eigenvalue weighted by atomic mass is 16.1. The summed E-state index contributed by atoms with van der Waals surface area (Å²) in [5.41, 5.74) is 11.5. The predicted molar refractivity (Wildman–Crippen MR) is 58.0 cm³/mol. The zero-order valence-corrected chi connectivity index (χ0v) is 8.52. The molecule has 0 aliphatic rings. The van der Waals surface area contributed by atoms with Gasteiger partial charge >= 0.3 is 0 Å². The van der Waals surface area contributed by atoms with Gasteiger partial charge in [-0.15, -0.1) is 0 Å². The summed E-state index contributed by atoms with van der Waals surface area (Å²) in [4.78, 5) is 14.8. The lowest BCUT2D eigenvalue weighted by molar-refractivity contribution is -0.119. The Bertz CT molecular complexity index is 302. The summed E-state index contributed by atoms with van der Waals surface area (Å²) in [5, 5.41) is 3.05. The summed E-state index contributed by atoms with van der Waals surface area (Å²) in [6, 6.07) is 5.15. The first kappa shape index (κ1) is 11.6. The molecule has 0 fully saturated rings. The molecule has 15 heavy (non-hydrogen) atoms. The van der Waals surface area contributed by atoms with Gasteiger partial charge in [-0.1, -0.05) is 6.07 Å². The van der Waals surface area contributed by atoms with Gasteiger partial charge in [0.25, 0.3) is 0 Å². The third-order valence-electron chi connectivity index (χ3n) is 2.01. The second kappa shape index (κ2) is 6.10. The van der Waals surface area contributed by atoms with E-state index < -0.39 is 11.9 Å². The number of aromatic nitrogens is 1. The Morgan fingerprint density at radius 2 is 2.33 bits per heavy atom. The molecule has 0 saturated carbocycles. The molecule has 0 aromatic carbocycles. The highest BCUT2D eigenvalue weighted by molar-refractivity contribution is 5.79. The van der Waals surface area contributed by atoms with Gasteiger partial charge in [0.1, 0.15) is 0 Å². The number of nitrogens with two attached hydrogens (primary N) is 2.